The third-order valence-electron chi connectivity index (χ3n) is 3.47. The molecule has 0 heterocycles. The van der Waals surface area contributed by atoms with Gasteiger partial charge in [-0.2, -0.15) is 0 Å². The Labute approximate surface area is 136 Å². The molecule has 0 aromatic heterocycles. The van der Waals surface area contributed by atoms with E-state index in [4.69, 9.17) is 4.74 Å². The summed E-state index contributed by atoms with van der Waals surface area (Å²) < 4.78 is 4.99. The number of aldehydes is 1. The van der Waals surface area contributed by atoms with Crippen LogP contribution in [0.15, 0.2) is 60.7 Å². The topological polar surface area (TPSA) is 43.4 Å². The number of aryl methyl sites for hydroxylation is 1. The molecule has 0 spiro atoms. The number of rotatable bonds is 7. The van der Waals surface area contributed by atoms with Gasteiger partial charge >= 0.3 is 5.97 Å². The Hall–Kier alpha value is -2.68. The van der Waals surface area contributed by atoms with Crippen molar-refractivity contribution in [1.29, 1.82) is 0 Å². The van der Waals surface area contributed by atoms with Gasteiger partial charge in [-0.25, -0.2) is 4.79 Å². The quantitative estimate of drug-likeness (QED) is 0.440. The van der Waals surface area contributed by atoms with E-state index in [9.17, 15) is 9.59 Å². The predicted octanol–water partition coefficient (Wildman–Crippen LogP) is 4.08. The molecule has 0 aliphatic rings. The first-order chi connectivity index (χ1) is 11.2. The highest BCUT2D eigenvalue weighted by molar-refractivity contribution is 6.07. The van der Waals surface area contributed by atoms with Crippen LogP contribution in [0.3, 0.4) is 0 Å². The van der Waals surface area contributed by atoms with E-state index in [-0.39, 0.29) is 5.97 Å². The van der Waals surface area contributed by atoms with E-state index in [0.29, 0.717) is 17.7 Å². The minimum Gasteiger partial charge on any atom is -0.462 e. The van der Waals surface area contributed by atoms with E-state index in [1.807, 2.05) is 30.3 Å². The van der Waals surface area contributed by atoms with Crippen LogP contribution < -0.4 is 0 Å². The number of allylic oxidation sites excluding steroid dienone is 2. The Balaban J connectivity index is 2.10. The monoisotopic (exact) mass is 308 g/mol. The van der Waals surface area contributed by atoms with Gasteiger partial charge in [-0.1, -0.05) is 48.5 Å². The predicted molar refractivity (Wildman–Crippen MR) is 91.2 cm³/mol. The van der Waals surface area contributed by atoms with Crippen LogP contribution in [0.5, 0.6) is 0 Å². The molecule has 23 heavy (non-hydrogen) atoms. The molecule has 3 heteroatoms. The van der Waals surface area contributed by atoms with Crippen molar-refractivity contribution >= 4 is 17.8 Å². The maximum atomic E-state index is 11.8. The molecule has 2 aromatic rings. The number of hydrogen-bond donors (Lipinski definition) is 0. The summed E-state index contributed by atoms with van der Waals surface area (Å²) in [5, 5.41) is 0. The lowest BCUT2D eigenvalue weighted by atomic mass is 10.0. The van der Waals surface area contributed by atoms with Crippen molar-refractivity contribution < 1.29 is 14.3 Å². The number of carbonyl (C=O) groups is 2. The second kappa shape index (κ2) is 8.69. The van der Waals surface area contributed by atoms with Crippen molar-refractivity contribution in [2.24, 2.45) is 0 Å². The summed E-state index contributed by atoms with van der Waals surface area (Å²) in [5.41, 5.74) is 3.01. The zero-order chi connectivity index (χ0) is 16.5. The highest BCUT2D eigenvalue weighted by atomic mass is 16.5. The second-order valence-corrected chi connectivity index (χ2v) is 5.10. The lowest BCUT2D eigenvalue weighted by Gasteiger charge is -2.05. The van der Waals surface area contributed by atoms with Crippen molar-refractivity contribution in [3.8, 4) is 0 Å². The molecule has 0 aliphatic carbocycles. The number of hydrogen-bond acceptors (Lipinski definition) is 3. The van der Waals surface area contributed by atoms with Crippen LogP contribution in [0, 0.1) is 0 Å². The molecule has 0 bridgehead atoms. The highest BCUT2D eigenvalue weighted by Crippen LogP contribution is 2.16. The molecule has 0 saturated carbocycles. The highest BCUT2D eigenvalue weighted by Gasteiger charge is 2.08. The van der Waals surface area contributed by atoms with Gasteiger partial charge in [0.2, 0.25) is 0 Å². The molecule has 0 N–H and O–H groups in total. The van der Waals surface area contributed by atoms with Crippen molar-refractivity contribution in [1.82, 2.24) is 0 Å². The molecule has 118 valence electrons. The van der Waals surface area contributed by atoms with Gasteiger partial charge in [0, 0.05) is 5.57 Å². The third-order valence-corrected chi connectivity index (χ3v) is 3.47. The fraction of sp³-hybridized carbons (Fsp3) is 0.200. The number of ether oxygens (including phenoxy) is 1. The summed E-state index contributed by atoms with van der Waals surface area (Å²) >= 11 is 0. The lowest BCUT2D eigenvalue weighted by molar-refractivity contribution is -0.103. The van der Waals surface area contributed by atoms with Gasteiger partial charge in [0.1, 0.15) is 6.29 Å². The number of esters is 1. The summed E-state index contributed by atoms with van der Waals surface area (Å²) in [6.07, 6.45) is 4.37. The number of benzene rings is 2. The van der Waals surface area contributed by atoms with E-state index >= 15 is 0 Å². The Morgan fingerprint density at radius 2 is 1.78 bits per heavy atom. The van der Waals surface area contributed by atoms with E-state index in [1.165, 1.54) is 5.56 Å². The maximum Gasteiger partial charge on any atom is 0.338 e. The fourth-order valence-corrected chi connectivity index (χ4v) is 2.31. The van der Waals surface area contributed by atoms with E-state index in [2.05, 4.69) is 12.1 Å². The lowest BCUT2D eigenvalue weighted by Crippen LogP contribution is -2.05. The Kier molecular flexibility index (Phi) is 6.30. The first-order valence-electron chi connectivity index (χ1n) is 7.71. The minimum atomic E-state index is -0.371. The summed E-state index contributed by atoms with van der Waals surface area (Å²) in [4.78, 5) is 23.1. The molecule has 0 aliphatic heterocycles. The molecular formula is C20H20O3. The fourth-order valence-electron chi connectivity index (χ4n) is 2.31. The minimum absolute atomic E-state index is 0.330. The standard InChI is InChI=1S/C20H20O3/c1-2-23-20(22)18-12-7-11-17(14-18)19(15-21)13-6-10-16-8-4-3-5-9-16/h3-5,7-9,11-15H,2,6,10H2,1H3/b19-13+. The van der Waals surface area contributed by atoms with Crippen LogP contribution in [0.1, 0.15) is 34.8 Å². The van der Waals surface area contributed by atoms with Gasteiger partial charge in [-0.15, -0.1) is 0 Å². The molecule has 3 nitrogen and oxygen atoms in total. The van der Waals surface area contributed by atoms with Crippen molar-refractivity contribution in [3.63, 3.8) is 0 Å². The van der Waals surface area contributed by atoms with Gasteiger partial charge in [-0.3, -0.25) is 4.79 Å². The largest absolute Gasteiger partial charge is 0.462 e. The second-order valence-electron chi connectivity index (χ2n) is 5.10. The van der Waals surface area contributed by atoms with Crippen LogP contribution >= 0.6 is 0 Å². The average molecular weight is 308 g/mol. The first kappa shape index (κ1) is 16.7. The first-order valence-corrected chi connectivity index (χ1v) is 7.71. The summed E-state index contributed by atoms with van der Waals surface area (Å²) in [7, 11) is 0. The summed E-state index contributed by atoms with van der Waals surface area (Å²) in [6.45, 7) is 2.10. The van der Waals surface area contributed by atoms with Crippen molar-refractivity contribution in [2.45, 2.75) is 19.8 Å². The average Bonchev–Trinajstić information content (AvgIpc) is 2.60. The van der Waals surface area contributed by atoms with Gasteiger partial charge in [0.25, 0.3) is 0 Å². The van der Waals surface area contributed by atoms with Crippen LogP contribution in [0.25, 0.3) is 5.57 Å². The van der Waals surface area contributed by atoms with Gasteiger partial charge in [0.05, 0.1) is 12.2 Å². The normalized spacial score (nSPS) is 11.1. The van der Waals surface area contributed by atoms with E-state index in [1.54, 1.807) is 25.1 Å². The molecular weight excluding hydrogens is 288 g/mol. The van der Waals surface area contributed by atoms with E-state index in [0.717, 1.165) is 24.7 Å². The molecule has 0 saturated heterocycles. The van der Waals surface area contributed by atoms with Gasteiger partial charge < -0.3 is 4.74 Å². The SMILES string of the molecule is CCOC(=O)c1cccc(/C(C=O)=C/CCc2ccccc2)c1. The molecule has 0 amide bonds. The van der Waals surface area contributed by atoms with E-state index < -0.39 is 0 Å². The van der Waals surface area contributed by atoms with Crippen LogP contribution in [0.4, 0.5) is 0 Å². The zero-order valence-corrected chi connectivity index (χ0v) is 13.2. The van der Waals surface area contributed by atoms with Crippen molar-refractivity contribution in [2.75, 3.05) is 6.61 Å². The molecule has 0 atom stereocenters. The Bertz CT molecular complexity index is 687. The molecule has 2 rings (SSSR count). The summed E-state index contributed by atoms with van der Waals surface area (Å²) in [5.74, 6) is -0.371. The molecule has 0 radical (unpaired) electrons. The van der Waals surface area contributed by atoms with Gasteiger partial charge in [-0.05, 0) is 43.0 Å². The number of carbonyl (C=O) groups excluding carboxylic acids is 2. The van der Waals surface area contributed by atoms with Crippen LogP contribution in [-0.2, 0) is 16.0 Å². The van der Waals surface area contributed by atoms with Gasteiger partial charge in [0.15, 0.2) is 0 Å². The molecule has 2 aromatic carbocycles. The Morgan fingerprint density at radius 3 is 2.48 bits per heavy atom. The third kappa shape index (κ3) is 4.92. The summed E-state index contributed by atoms with van der Waals surface area (Å²) in [6, 6.07) is 17.1. The van der Waals surface area contributed by atoms with Crippen LogP contribution in [0.2, 0.25) is 0 Å². The Morgan fingerprint density at radius 1 is 1.04 bits per heavy atom. The van der Waals surface area contributed by atoms with Crippen molar-refractivity contribution in [3.05, 3.63) is 77.4 Å². The maximum absolute atomic E-state index is 11.8. The van der Waals surface area contributed by atoms with Crippen LogP contribution in [-0.4, -0.2) is 18.9 Å². The smallest absolute Gasteiger partial charge is 0.338 e. The molecule has 0 unspecified atom stereocenters. The zero-order valence-electron chi connectivity index (χ0n) is 13.2. The molecule has 0 fully saturated rings.